The molecule has 2 aromatic heterocycles. The van der Waals surface area contributed by atoms with Gasteiger partial charge in [-0.1, -0.05) is 18.2 Å². The van der Waals surface area contributed by atoms with Gasteiger partial charge in [0.15, 0.2) is 5.82 Å². The van der Waals surface area contributed by atoms with Gasteiger partial charge in [0, 0.05) is 49.7 Å². The summed E-state index contributed by atoms with van der Waals surface area (Å²) in [5, 5.41) is 8.41. The van der Waals surface area contributed by atoms with E-state index in [-0.39, 0.29) is 12.4 Å². The summed E-state index contributed by atoms with van der Waals surface area (Å²) in [5.41, 5.74) is 8.95. The van der Waals surface area contributed by atoms with Gasteiger partial charge in [0.1, 0.15) is 5.02 Å². The minimum Gasteiger partial charge on any atom is -0.398 e. The molecule has 11 heteroatoms. The number of benzene rings is 1. The Kier molecular flexibility index (Phi) is 7.50. The molecule has 1 saturated heterocycles. The molecule has 4 rings (SSSR count). The maximum absolute atomic E-state index is 13.4. The third-order valence-electron chi connectivity index (χ3n) is 5.53. The Bertz CT molecular complexity index is 1160. The molecule has 0 aliphatic carbocycles. The SMILES string of the molecule is C=C(N)c1sccc1Nc1nc(Nc2ccc(N3CCN(C)CC3)cc2CC(F)F)ncc1Cl. The zero-order valence-electron chi connectivity index (χ0n) is 18.7. The lowest BCUT2D eigenvalue weighted by Gasteiger charge is -2.34. The van der Waals surface area contributed by atoms with Gasteiger partial charge in [-0.3, -0.25) is 0 Å². The van der Waals surface area contributed by atoms with Gasteiger partial charge in [-0.05, 0) is 42.3 Å². The fourth-order valence-electron chi connectivity index (χ4n) is 3.72. The average molecular weight is 506 g/mol. The molecule has 0 spiro atoms. The molecule has 34 heavy (non-hydrogen) atoms. The predicted octanol–water partition coefficient (Wildman–Crippen LogP) is 5.17. The van der Waals surface area contributed by atoms with Crippen molar-refractivity contribution in [1.29, 1.82) is 0 Å². The van der Waals surface area contributed by atoms with Gasteiger partial charge in [0.25, 0.3) is 0 Å². The summed E-state index contributed by atoms with van der Waals surface area (Å²) in [6, 6.07) is 7.40. The number of hydrogen-bond donors (Lipinski definition) is 3. The number of hydrogen-bond acceptors (Lipinski definition) is 8. The minimum absolute atomic E-state index is 0.234. The largest absolute Gasteiger partial charge is 0.398 e. The fourth-order valence-corrected chi connectivity index (χ4v) is 4.59. The number of aromatic nitrogens is 2. The molecule has 0 unspecified atom stereocenters. The number of anilines is 5. The molecule has 1 aliphatic rings. The van der Waals surface area contributed by atoms with Crippen molar-refractivity contribution in [2.45, 2.75) is 12.8 Å². The minimum atomic E-state index is -2.48. The maximum Gasteiger partial charge on any atom is 0.242 e. The Morgan fingerprint density at radius 1 is 1.21 bits per heavy atom. The highest BCUT2D eigenvalue weighted by atomic mass is 35.5. The van der Waals surface area contributed by atoms with Crippen LogP contribution < -0.4 is 21.3 Å². The van der Waals surface area contributed by atoms with Gasteiger partial charge in [-0.25, -0.2) is 13.8 Å². The van der Waals surface area contributed by atoms with Crippen molar-refractivity contribution in [2.75, 3.05) is 48.8 Å². The first-order chi connectivity index (χ1) is 16.3. The fraction of sp³-hybridized carbons (Fsp3) is 0.304. The summed E-state index contributed by atoms with van der Waals surface area (Å²) in [6.45, 7) is 7.35. The maximum atomic E-state index is 13.4. The highest BCUT2D eigenvalue weighted by Crippen LogP contribution is 2.32. The van der Waals surface area contributed by atoms with E-state index in [1.807, 2.05) is 23.6 Å². The Balaban J connectivity index is 1.58. The van der Waals surface area contributed by atoms with Gasteiger partial charge in [-0.2, -0.15) is 4.98 Å². The van der Waals surface area contributed by atoms with Gasteiger partial charge >= 0.3 is 0 Å². The van der Waals surface area contributed by atoms with Crippen LogP contribution in [0.1, 0.15) is 10.4 Å². The summed E-state index contributed by atoms with van der Waals surface area (Å²) in [6.07, 6.45) is -1.40. The molecule has 7 nitrogen and oxygen atoms in total. The topological polar surface area (TPSA) is 82.3 Å². The van der Waals surface area contributed by atoms with E-state index in [2.05, 4.69) is 44.0 Å². The number of nitrogens with zero attached hydrogens (tertiary/aromatic N) is 4. The van der Waals surface area contributed by atoms with Crippen LogP contribution in [0, 0.1) is 0 Å². The number of nitrogens with one attached hydrogen (secondary N) is 2. The van der Waals surface area contributed by atoms with Crippen LogP contribution >= 0.6 is 22.9 Å². The van der Waals surface area contributed by atoms with E-state index in [0.29, 0.717) is 27.8 Å². The zero-order chi connectivity index (χ0) is 24.2. The van der Waals surface area contributed by atoms with E-state index in [1.165, 1.54) is 17.5 Å². The van der Waals surface area contributed by atoms with Crippen LogP contribution in [0.15, 0.2) is 42.4 Å². The summed E-state index contributed by atoms with van der Waals surface area (Å²) in [7, 11) is 2.08. The Morgan fingerprint density at radius 2 is 1.97 bits per heavy atom. The van der Waals surface area contributed by atoms with Gasteiger partial charge in [0.2, 0.25) is 12.4 Å². The number of likely N-dealkylation sites (N-methyl/N-ethyl adjacent to an activating group) is 1. The second-order valence-electron chi connectivity index (χ2n) is 8.06. The molecule has 0 saturated carbocycles. The van der Waals surface area contributed by atoms with Gasteiger partial charge in [-0.15, -0.1) is 11.3 Å². The molecule has 180 valence electrons. The van der Waals surface area contributed by atoms with Crippen molar-refractivity contribution in [1.82, 2.24) is 14.9 Å². The molecule has 1 aromatic carbocycles. The van der Waals surface area contributed by atoms with Crippen LogP contribution in [0.2, 0.25) is 5.02 Å². The predicted molar refractivity (Wildman–Crippen MR) is 137 cm³/mol. The quantitative estimate of drug-likeness (QED) is 0.389. The molecular formula is C23H26ClF2N7S. The van der Waals surface area contributed by atoms with Crippen molar-refractivity contribution in [2.24, 2.45) is 5.73 Å². The van der Waals surface area contributed by atoms with Crippen LogP contribution in [0.4, 0.5) is 37.6 Å². The third kappa shape index (κ3) is 5.75. The highest BCUT2D eigenvalue weighted by Gasteiger charge is 2.18. The lowest BCUT2D eigenvalue weighted by atomic mass is 10.1. The molecule has 0 amide bonds. The van der Waals surface area contributed by atoms with E-state index < -0.39 is 6.43 Å². The smallest absolute Gasteiger partial charge is 0.242 e. The Labute approximate surface area is 206 Å². The second kappa shape index (κ2) is 10.5. The molecule has 0 bridgehead atoms. The summed E-state index contributed by atoms with van der Waals surface area (Å²) >= 11 is 7.73. The number of alkyl halides is 2. The van der Waals surface area contributed by atoms with Gasteiger partial charge < -0.3 is 26.2 Å². The monoisotopic (exact) mass is 505 g/mol. The number of thiophene rings is 1. The van der Waals surface area contributed by atoms with Crippen LogP contribution in [-0.4, -0.2) is 54.5 Å². The summed E-state index contributed by atoms with van der Waals surface area (Å²) < 4.78 is 26.7. The van der Waals surface area contributed by atoms with Crippen molar-refractivity contribution in [3.8, 4) is 0 Å². The highest BCUT2D eigenvalue weighted by molar-refractivity contribution is 7.11. The molecule has 3 heterocycles. The third-order valence-corrected chi connectivity index (χ3v) is 6.80. The zero-order valence-corrected chi connectivity index (χ0v) is 20.3. The Morgan fingerprint density at radius 3 is 2.68 bits per heavy atom. The molecule has 0 atom stereocenters. The van der Waals surface area contributed by atoms with E-state index >= 15 is 0 Å². The number of halogens is 3. The van der Waals surface area contributed by atoms with Crippen molar-refractivity contribution < 1.29 is 8.78 Å². The van der Waals surface area contributed by atoms with Gasteiger partial charge in [0.05, 0.1) is 16.8 Å². The van der Waals surface area contributed by atoms with E-state index in [1.54, 1.807) is 6.07 Å². The molecule has 1 fully saturated rings. The van der Waals surface area contributed by atoms with Crippen LogP contribution in [0.5, 0.6) is 0 Å². The van der Waals surface area contributed by atoms with Crippen LogP contribution in [-0.2, 0) is 6.42 Å². The standard InChI is InChI=1S/C23H26ClF2N7S/c1-14(27)21-19(5-10-34-21)29-22-17(24)13-28-23(31-22)30-18-4-3-16(11-15(18)12-20(25)26)33-8-6-32(2)7-9-33/h3-5,10-11,13,20H,1,6-9,12,27H2,2H3,(H2,28,29,30,31). The number of piperazine rings is 1. The Hall–Kier alpha value is -2.95. The van der Waals surface area contributed by atoms with E-state index in [9.17, 15) is 8.78 Å². The van der Waals surface area contributed by atoms with Crippen molar-refractivity contribution in [3.05, 3.63) is 57.9 Å². The first-order valence-electron chi connectivity index (χ1n) is 10.7. The van der Waals surface area contributed by atoms with Crippen LogP contribution in [0.3, 0.4) is 0 Å². The summed E-state index contributed by atoms with van der Waals surface area (Å²) in [4.78, 5) is 13.9. The first kappa shape index (κ1) is 24.2. The lowest BCUT2D eigenvalue weighted by molar-refractivity contribution is 0.149. The molecule has 3 aromatic rings. The molecule has 0 radical (unpaired) electrons. The van der Waals surface area contributed by atoms with E-state index in [0.717, 1.165) is 42.4 Å². The van der Waals surface area contributed by atoms with Crippen LogP contribution in [0.25, 0.3) is 5.70 Å². The molecule has 1 aliphatic heterocycles. The number of rotatable bonds is 8. The van der Waals surface area contributed by atoms with Crippen molar-refractivity contribution in [3.63, 3.8) is 0 Å². The van der Waals surface area contributed by atoms with Crippen molar-refractivity contribution >= 4 is 57.5 Å². The normalized spacial score (nSPS) is 14.4. The summed E-state index contributed by atoms with van der Waals surface area (Å²) in [5.74, 6) is 0.600. The molecular weight excluding hydrogens is 480 g/mol. The van der Waals surface area contributed by atoms with E-state index in [4.69, 9.17) is 17.3 Å². The first-order valence-corrected chi connectivity index (χ1v) is 12.0. The lowest BCUT2D eigenvalue weighted by Crippen LogP contribution is -2.44. The number of nitrogens with two attached hydrogens (primary N) is 1. The second-order valence-corrected chi connectivity index (χ2v) is 9.38. The molecule has 4 N–H and O–H groups in total. The average Bonchev–Trinajstić information content (AvgIpc) is 3.26.